The number of fused-ring (bicyclic) bond motifs is 1. The van der Waals surface area contributed by atoms with E-state index in [4.69, 9.17) is 10.8 Å². The van der Waals surface area contributed by atoms with Crippen LogP contribution < -0.4 is 10.6 Å². The summed E-state index contributed by atoms with van der Waals surface area (Å²) >= 11 is 0. The van der Waals surface area contributed by atoms with E-state index < -0.39 is 0 Å². The number of benzene rings is 1. The van der Waals surface area contributed by atoms with Crippen molar-refractivity contribution in [1.29, 1.82) is 0 Å². The Balaban J connectivity index is 2.52. The van der Waals surface area contributed by atoms with E-state index in [1.54, 1.807) is 6.07 Å². The van der Waals surface area contributed by atoms with Gasteiger partial charge < -0.3 is 15.7 Å². The van der Waals surface area contributed by atoms with Gasteiger partial charge in [0.1, 0.15) is 0 Å². The first-order valence-electron chi connectivity index (χ1n) is 4.56. The molecule has 0 atom stereocenters. The molecule has 0 radical (unpaired) electrons. The molecule has 6 nitrogen and oxygen atoms in total. The van der Waals surface area contributed by atoms with E-state index in [1.807, 2.05) is 18.0 Å². The fourth-order valence-corrected chi connectivity index (χ4v) is 1.45. The molecule has 0 unspecified atom stereocenters. The van der Waals surface area contributed by atoms with E-state index in [-0.39, 0.29) is 6.61 Å². The number of hydrogen-bond donors (Lipinski definition) is 2. The highest BCUT2D eigenvalue weighted by atomic mass is 16.6. The number of nitrogens with zero attached hydrogens (tertiary/aromatic N) is 3. The maximum Gasteiger partial charge on any atom is 0.160 e. The maximum atomic E-state index is 8.85. The molecule has 2 aromatic rings. The zero-order chi connectivity index (χ0) is 10.8. The molecule has 0 amide bonds. The Morgan fingerprint density at radius 1 is 1.40 bits per heavy atom. The van der Waals surface area contributed by atoms with Crippen LogP contribution in [0.25, 0.3) is 11.0 Å². The Hall–Kier alpha value is -1.82. The third-order valence-electron chi connectivity index (χ3n) is 2.27. The fourth-order valence-electron chi connectivity index (χ4n) is 1.45. The van der Waals surface area contributed by atoms with Gasteiger partial charge in [-0.25, -0.2) is 4.63 Å². The van der Waals surface area contributed by atoms with Crippen molar-refractivity contribution >= 4 is 22.4 Å². The minimum absolute atomic E-state index is 0.0770. The van der Waals surface area contributed by atoms with Crippen molar-refractivity contribution in [2.75, 3.05) is 30.8 Å². The summed E-state index contributed by atoms with van der Waals surface area (Å²) in [6.45, 7) is 0.597. The van der Waals surface area contributed by atoms with E-state index in [2.05, 4.69) is 14.9 Å². The molecule has 1 aromatic heterocycles. The monoisotopic (exact) mass is 208 g/mol. The van der Waals surface area contributed by atoms with Crippen LogP contribution in [0.3, 0.4) is 0 Å². The number of aliphatic hydroxyl groups excluding tert-OH is 1. The summed E-state index contributed by atoms with van der Waals surface area (Å²) in [7, 11) is 1.86. The molecule has 0 saturated carbocycles. The molecule has 15 heavy (non-hydrogen) atoms. The lowest BCUT2D eigenvalue weighted by Crippen LogP contribution is -2.21. The van der Waals surface area contributed by atoms with E-state index in [0.717, 1.165) is 5.69 Å². The van der Waals surface area contributed by atoms with Gasteiger partial charge in [0.2, 0.25) is 0 Å². The summed E-state index contributed by atoms with van der Waals surface area (Å²) in [6.07, 6.45) is 0. The third-order valence-corrected chi connectivity index (χ3v) is 2.27. The summed E-state index contributed by atoms with van der Waals surface area (Å²) in [4.78, 5) is 1.87. The Labute approximate surface area is 86.2 Å². The number of nitrogens with two attached hydrogens (primary N) is 1. The molecule has 0 saturated heterocycles. The van der Waals surface area contributed by atoms with Crippen molar-refractivity contribution in [3.05, 3.63) is 12.1 Å². The van der Waals surface area contributed by atoms with E-state index in [1.165, 1.54) is 0 Å². The minimum atomic E-state index is 0.0770. The molecule has 0 spiro atoms. The van der Waals surface area contributed by atoms with Crippen molar-refractivity contribution in [2.45, 2.75) is 0 Å². The van der Waals surface area contributed by atoms with Gasteiger partial charge in [0.05, 0.1) is 18.0 Å². The predicted octanol–water partition coefficient (Wildman–Crippen LogP) is 0.233. The van der Waals surface area contributed by atoms with Gasteiger partial charge in [0, 0.05) is 13.6 Å². The lowest BCUT2D eigenvalue weighted by molar-refractivity contribution is 0.304. The zero-order valence-electron chi connectivity index (χ0n) is 8.34. The second kappa shape index (κ2) is 3.74. The van der Waals surface area contributed by atoms with Gasteiger partial charge in [0.25, 0.3) is 0 Å². The molecule has 3 N–H and O–H groups in total. The van der Waals surface area contributed by atoms with E-state index >= 15 is 0 Å². The quantitative estimate of drug-likeness (QED) is 0.702. The normalized spacial score (nSPS) is 10.8. The average Bonchev–Trinajstić information content (AvgIpc) is 2.68. The van der Waals surface area contributed by atoms with Gasteiger partial charge in [-0.15, -0.1) is 0 Å². The molecule has 1 heterocycles. The first-order valence-corrected chi connectivity index (χ1v) is 4.56. The molecule has 1 aromatic carbocycles. The number of rotatable bonds is 3. The Morgan fingerprint density at radius 3 is 2.87 bits per heavy atom. The van der Waals surface area contributed by atoms with Gasteiger partial charge in [0.15, 0.2) is 11.0 Å². The van der Waals surface area contributed by atoms with Crippen LogP contribution in [0, 0.1) is 0 Å². The second-order valence-electron chi connectivity index (χ2n) is 3.28. The van der Waals surface area contributed by atoms with Crippen LogP contribution in [-0.2, 0) is 0 Å². The van der Waals surface area contributed by atoms with Crippen LogP contribution in [0.15, 0.2) is 16.8 Å². The maximum absolute atomic E-state index is 8.85. The summed E-state index contributed by atoms with van der Waals surface area (Å²) in [5.74, 6) is 0. The fraction of sp³-hybridized carbons (Fsp3) is 0.333. The smallest absolute Gasteiger partial charge is 0.160 e. The highest BCUT2D eigenvalue weighted by Crippen LogP contribution is 2.27. The number of likely N-dealkylation sites (N-methyl/N-ethyl adjacent to an activating group) is 1. The molecule has 0 fully saturated rings. The molecule has 0 aliphatic carbocycles. The van der Waals surface area contributed by atoms with Gasteiger partial charge in [-0.3, -0.25) is 0 Å². The molecule has 6 heteroatoms. The number of aliphatic hydroxyl groups is 1. The van der Waals surface area contributed by atoms with Crippen molar-refractivity contribution < 1.29 is 9.74 Å². The van der Waals surface area contributed by atoms with Crippen molar-refractivity contribution in [3.63, 3.8) is 0 Å². The Bertz CT molecular complexity index is 468. The lowest BCUT2D eigenvalue weighted by atomic mass is 10.2. The summed E-state index contributed by atoms with van der Waals surface area (Å²) in [6, 6.07) is 3.58. The molecule has 0 bridgehead atoms. The van der Waals surface area contributed by atoms with Crippen LogP contribution in [0.5, 0.6) is 0 Å². The molecule has 0 aliphatic rings. The zero-order valence-corrected chi connectivity index (χ0v) is 8.34. The lowest BCUT2D eigenvalue weighted by Gasteiger charge is -2.17. The highest BCUT2D eigenvalue weighted by molar-refractivity contribution is 5.95. The number of hydrogen-bond acceptors (Lipinski definition) is 6. The van der Waals surface area contributed by atoms with Crippen LogP contribution in [-0.4, -0.2) is 35.6 Å². The van der Waals surface area contributed by atoms with Gasteiger partial charge in [-0.1, -0.05) is 0 Å². The summed E-state index contributed by atoms with van der Waals surface area (Å²) in [5.41, 5.74) is 8.26. The highest BCUT2D eigenvalue weighted by Gasteiger charge is 2.12. The van der Waals surface area contributed by atoms with Gasteiger partial charge >= 0.3 is 0 Å². The first kappa shape index (κ1) is 9.72. The number of aromatic nitrogens is 2. The molecular formula is C9H12N4O2. The van der Waals surface area contributed by atoms with Crippen LogP contribution in [0.1, 0.15) is 0 Å². The average molecular weight is 208 g/mol. The first-order chi connectivity index (χ1) is 7.24. The van der Waals surface area contributed by atoms with Crippen molar-refractivity contribution in [3.8, 4) is 0 Å². The standard InChI is InChI=1S/C9H12N4O2/c1-13(4-5-14)7-3-2-6(10)8-9(7)12-15-11-8/h2-3,14H,4-5,10H2,1H3. The molecular weight excluding hydrogens is 196 g/mol. The van der Waals surface area contributed by atoms with Crippen LogP contribution in [0.2, 0.25) is 0 Å². The van der Waals surface area contributed by atoms with Crippen LogP contribution in [0.4, 0.5) is 11.4 Å². The topological polar surface area (TPSA) is 88.4 Å². The Morgan fingerprint density at radius 2 is 2.13 bits per heavy atom. The summed E-state index contributed by atoms with van der Waals surface area (Å²) < 4.78 is 4.65. The predicted molar refractivity (Wildman–Crippen MR) is 56.6 cm³/mol. The van der Waals surface area contributed by atoms with Gasteiger partial charge in [-0.05, 0) is 22.4 Å². The van der Waals surface area contributed by atoms with Crippen LogP contribution >= 0.6 is 0 Å². The molecule has 80 valence electrons. The van der Waals surface area contributed by atoms with Crippen molar-refractivity contribution in [2.24, 2.45) is 0 Å². The third kappa shape index (κ3) is 1.59. The second-order valence-corrected chi connectivity index (χ2v) is 3.28. The van der Waals surface area contributed by atoms with E-state index in [0.29, 0.717) is 23.3 Å². The number of nitrogen functional groups attached to an aromatic ring is 1. The molecule has 0 aliphatic heterocycles. The minimum Gasteiger partial charge on any atom is -0.397 e. The largest absolute Gasteiger partial charge is 0.397 e. The van der Waals surface area contributed by atoms with E-state index in [9.17, 15) is 0 Å². The summed E-state index contributed by atoms with van der Waals surface area (Å²) in [5, 5.41) is 16.4. The Kier molecular flexibility index (Phi) is 2.42. The molecule has 2 rings (SSSR count). The van der Waals surface area contributed by atoms with Gasteiger partial charge in [-0.2, -0.15) is 0 Å². The van der Waals surface area contributed by atoms with Crippen molar-refractivity contribution in [1.82, 2.24) is 10.3 Å². The SMILES string of the molecule is CN(CCO)c1ccc(N)c2nonc12. The number of anilines is 2.